The molecule has 1 aliphatic carbocycles. The largest absolute Gasteiger partial charge is 0.378 e. The molecule has 6 heteroatoms. The van der Waals surface area contributed by atoms with Gasteiger partial charge in [0, 0.05) is 36.6 Å². The number of rotatable bonds is 4. The van der Waals surface area contributed by atoms with Gasteiger partial charge in [-0.05, 0) is 49.4 Å². The van der Waals surface area contributed by atoms with E-state index >= 15 is 0 Å². The van der Waals surface area contributed by atoms with Gasteiger partial charge in [0.2, 0.25) is 0 Å². The van der Waals surface area contributed by atoms with Crippen molar-refractivity contribution >= 4 is 11.7 Å². The Morgan fingerprint density at radius 1 is 1.24 bits per heavy atom. The summed E-state index contributed by atoms with van der Waals surface area (Å²) in [5.41, 5.74) is 1.95. The molecule has 2 amide bonds. The van der Waals surface area contributed by atoms with E-state index in [1.54, 1.807) is 6.20 Å². The molecule has 25 heavy (non-hydrogen) atoms. The normalized spacial score (nSPS) is 25.4. The molecule has 2 heterocycles. The van der Waals surface area contributed by atoms with Gasteiger partial charge in [-0.15, -0.1) is 0 Å². The summed E-state index contributed by atoms with van der Waals surface area (Å²) >= 11 is 0. The van der Waals surface area contributed by atoms with Crippen LogP contribution in [0.25, 0.3) is 0 Å². The maximum atomic E-state index is 12.3. The van der Waals surface area contributed by atoms with Crippen molar-refractivity contribution in [3.05, 3.63) is 48.3 Å². The van der Waals surface area contributed by atoms with E-state index in [1.165, 1.54) is 0 Å². The lowest BCUT2D eigenvalue weighted by atomic mass is 9.82. The molecule has 4 rings (SSSR count). The van der Waals surface area contributed by atoms with Gasteiger partial charge in [-0.1, -0.05) is 12.1 Å². The quantitative estimate of drug-likeness (QED) is 0.899. The molecule has 6 nitrogen and oxygen atoms in total. The van der Waals surface area contributed by atoms with Crippen LogP contribution in [0.15, 0.2) is 42.7 Å². The van der Waals surface area contributed by atoms with Gasteiger partial charge in [-0.3, -0.25) is 4.68 Å². The van der Waals surface area contributed by atoms with E-state index in [1.807, 2.05) is 41.2 Å². The third-order valence-corrected chi connectivity index (χ3v) is 5.21. The number of amides is 2. The van der Waals surface area contributed by atoms with Gasteiger partial charge in [0.15, 0.2) is 0 Å². The van der Waals surface area contributed by atoms with Crippen molar-refractivity contribution in [2.45, 2.75) is 44.4 Å². The first-order chi connectivity index (χ1) is 12.3. The van der Waals surface area contributed by atoms with Crippen molar-refractivity contribution in [3.8, 4) is 0 Å². The Morgan fingerprint density at radius 2 is 2.12 bits per heavy atom. The zero-order chi connectivity index (χ0) is 17.1. The molecule has 1 aromatic carbocycles. The van der Waals surface area contributed by atoms with Crippen LogP contribution < -0.4 is 10.6 Å². The number of carbonyl (C=O) groups excluding carboxylic acids is 1. The highest BCUT2D eigenvalue weighted by Gasteiger charge is 2.38. The fourth-order valence-electron chi connectivity index (χ4n) is 3.97. The predicted molar refractivity (Wildman–Crippen MR) is 95.4 cm³/mol. The van der Waals surface area contributed by atoms with Crippen molar-refractivity contribution in [3.63, 3.8) is 0 Å². The van der Waals surface area contributed by atoms with Gasteiger partial charge >= 0.3 is 6.03 Å². The molecule has 0 radical (unpaired) electrons. The van der Waals surface area contributed by atoms with E-state index in [0.29, 0.717) is 12.0 Å². The number of nitrogens with zero attached hydrogens (tertiary/aromatic N) is 2. The lowest BCUT2D eigenvalue weighted by Gasteiger charge is -2.33. The number of fused-ring (bicyclic) bond motifs is 1. The van der Waals surface area contributed by atoms with Crippen LogP contribution in [-0.4, -0.2) is 34.6 Å². The third kappa shape index (κ3) is 3.85. The highest BCUT2D eigenvalue weighted by Crippen LogP contribution is 2.34. The Balaban J connectivity index is 1.31. The van der Waals surface area contributed by atoms with Crippen LogP contribution in [0.3, 0.4) is 0 Å². The van der Waals surface area contributed by atoms with Crippen molar-refractivity contribution in [1.29, 1.82) is 0 Å². The smallest absolute Gasteiger partial charge is 0.319 e. The molecule has 0 spiro atoms. The molecule has 0 bridgehead atoms. The lowest BCUT2D eigenvalue weighted by molar-refractivity contribution is 0.0553. The lowest BCUT2D eigenvalue weighted by Crippen LogP contribution is -2.47. The fourth-order valence-corrected chi connectivity index (χ4v) is 3.97. The van der Waals surface area contributed by atoms with Crippen LogP contribution >= 0.6 is 0 Å². The number of hydrogen-bond donors (Lipinski definition) is 2. The zero-order valence-corrected chi connectivity index (χ0v) is 14.2. The minimum atomic E-state index is -0.127. The SMILES string of the molecule is O=C(Nc1ccc(Cn2cccn2)cc1)N[C@@H]1CCC[C@H]2OCC[C@H]12. The van der Waals surface area contributed by atoms with Crippen LogP contribution in [0.4, 0.5) is 10.5 Å². The van der Waals surface area contributed by atoms with E-state index in [2.05, 4.69) is 15.7 Å². The van der Waals surface area contributed by atoms with Crippen molar-refractivity contribution in [1.82, 2.24) is 15.1 Å². The minimum absolute atomic E-state index is 0.127. The van der Waals surface area contributed by atoms with E-state index < -0.39 is 0 Å². The molecule has 1 aromatic heterocycles. The molecule has 132 valence electrons. The van der Waals surface area contributed by atoms with E-state index in [-0.39, 0.29) is 12.1 Å². The summed E-state index contributed by atoms with van der Waals surface area (Å²) in [6.07, 6.45) is 8.38. The highest BCUT2D eigenvalue weighted by atomic mass is 16.5. The van der Waals surface area contributed by atoms with Crippen LogP contribution in [0.2, 0.25) is 0 Å². The predicted octanol–water partition coefficient (Wildman–Crippen LogP) is 3.01. The van der Waals surface area contributed by atoms with E-state index in [4.69, 9.17) is 4.74 Å². The van der Waals surface area contributed by atoms with Crippen LogP contribution in [0.5, 0.6) is 0 Å². The third-order valence-electron chi connectivity index (χ3n) is 5.21. The number of anilines is 1. The molecule has 3 atom stereocenters. The molecule has 1 saturated heterocycles. The number of carbonyl (C=O) groups is 1. The zero-order valence-electron chi connectivity index (χ0n) is 14.2. The molecular formula is C19H24N4O2. The van der Waals surface area contributed by atoms with Crippen LogP contribution in [-0.2, 0) is 11.3 Å². The standard InChI is InChI=1S/C19H24N4O2/c24-19(22-17-3-1-4-18-16(17)9-12-25-18)21-15-7-5-14(6-8-15)13-23-11-2-10-20-23/h2,5-8,10-11,16-18H,1,3-4,9,12-13H2,(H2,21,22,24)/t16-,17-,18-/m1/s1. The number of urea groups is 1. The Bertz CT molecular complexity index is 699. The molecule has 2 aliphatic rings. The number of aromatic nitrogens is 2. The molecule has 1 saturated carbocycles. The van der Waals surface area contributed by atoms with Crippen molar-refractivity contribution < 1.29 is 9.53 Å². The topological polar surface area (TPSA) is 68.2 Å². The average molecular weight is 340 g/mol. The van der Waals surface area contributed by atoms with Gasteiger partial charge in [0.25, 0.3) is 0 Å². The Labute approximate surface area is 147 Å². The maximum Gasteiger partial charge on any atom is 0.319 e. The molecule has 1 aliphatic heterocycles. The summed E-state index contributed by atoms with van der Waals surface area (Å²) < 4.78 is 7.64. The summed E-state index contributed by atoms with van der Waals surface area (Å²) in [4.78, 5) is 12.3. The second-order valence-electron chi connectivity index (χ2n) is 6.90. The molecule has 0 unspecified atom stereocenters. The van der Waals surface area contributed by atoms with Gasteiger partial charge in [-0.25, -0.2) is 4.79 Å². The van der Waals surface area contributed by atoms with Crippen LogP contribution in [0.1, 0.15) is 31.2 Å². The first-order valence-electron chi connectivity index (χ1n) is 9.03. The number of ether oxygens (including phenoxy) is 1. The van der Waals surface area contributed by atoms with E-state index in [0.717, 1.165) is 50.1 Å². The maximum absolute atomic E-state index is 12.3. The van der Waals surface area contributed by atoms with Crippen LogP contribution in [0, 0.1) is 5.92 Å². The van der Waals surface area contributed by atoms with Crippen molar-refractivity contribution in [2.24, 2.45) is 5.92 Å². The number of hydrogen-bond acceptors (Lipinski definition) is 3. The second kappa shape index (κ2) is 7.27. The summed E-state index contributed by atoms with van der Waals surface area (Å²) in [7, 11) is 0. The van der Waals surface area contributed by atoms with Gasteiger partial charge in [0.05, 0.1) is 12.6 Å². The first kappa shape index (κ1) is 16.1. The molecule has 2 N–H and O–H groups in total. The highest BCUT2D eigenvalue weighted by molar-refractivity contribution is 5.89. The number of nitrogens with one attached hydrogen (secondary N) is 2. The summed E-state index contributed by atoms with van der Waals surface area (Å²) in [5.74, 6) is 0.468. The van der Waals surface area contributed by atoms with Gasteiger partial charge < -0.3 is 15.4 Å². The summed E-state index contributed by atoms with van der Waals surface area (Å²) in [6, 6.07) is 9.89. The Morgan fingerprint density at radius 3 is 2.92 bits per heavy atom. The number of benzene rings is 1. The minimum Gasteiger partial charge on any atom is -0.378 e. The van der Waals surface area contributed by atoms with Gasteiger partial charge in [0.1, 0.15) is 0 Å². The Hall–Kier alpha value is -2.34. The monoisotopic (exact) mass is 340 g/mol. The average Bonchev–Trinajstić information content (AvgIpc) is 3.28. The Kier molecular flexibility index (Phi) is 4.70. The van der Waals surface area contributed by atoms with Crippen molar-refractivity contribution in [2.75, 3.05) is 11.9 Å². The van der Waals surface area contributed by atoms with Gasteiger partial charge in [-0.2, -0.15) is 5.10 Å². The summed E-state index contributed by atoms with van der Waals surface area (Å²) in [5, 5.41) is 10.3. The summed E-state index contributed by atoms with van der Waals surface area (Å²) in [6.45, 7) is 1.55. The molecular weight excluding hydrogens is 316 g/mol. The fraction of sp³-hybridized carbons (Fsp3) is 0.474. The van der Waals surface area contributed by atoms with E-state index in [9.17, 15) is 4.79 Å². The molecule has 2 fully saturated rings. The molecule has 2 aromatic rings. The first-order valence-corrected chi connectivity index (χ1v) is 9.03. The second-order valence-corrected chi connectivity index (χ2v) is 6.90.